The molecule has 0 aromatic heterocycles. The summed E-state index contributed by atoms with van der Waals surface area (Å²) in [4.78, 5) is 10.6. The number of rotatable bonds is 5. The molecule has 1 saturated carbocycles. The average Bonchev–Trinajstić information content (AvgIpc) is 1.94. The summed E-state index contributed by atoms with van der Waals surface area (Å²) >= 11 is 0. The number of hydrogen-bond acceptors (Lipinski definition) is 3. The molecule has 0 saturated heterocycles. The topological polar surface area (TPSA) is 75.3 Å². The minimum Gasteiger partial charge on any atom is -0.481 e. The van der Waals surface area contributed by atoms with Gasteiger partial charge in [0.1, 0.15) is 0 Å². The maximum Gasteiger partial charge on any atom is 0.308 e. The molecule has 0 aromatic carbocycles. The predicted octanol–water partition coefficient (Wildman–Crippen LogP) is -0.212. The van der Waals surface area contributed by atoms with E-state index >= 15 is 0 Å². The van der Waals surface area contributed by atoms with Gasteiger partial charge in [0, 0.05) is 6.04 Å². The van der Waals surface area contributed by atoms with Crippen molar-refractivity contribution >= 4 is 5.97 Å². The number of carbonyl (C=O) groups is 1. The molecule has 0 aliphatic heterocycles. The summed E-state index contributed by atoms with van der Waals surface area (Å²) in [6.07, 6.45) is 2.72. The molecule has 70 valence electrons. The maximum absolute atomic E-state index is 10.6. The quantitative estimate of drug-likeness (QED) is 0.501. The Morgan fingerprint density at radius 2 is 2.33 bits per heavy atom. The number of carboxylic acids is 1. The third-order valence-corrected chi connectivity index (χ3v) is 2.38. The molecule has 0 bridgehead atoms. The molecule has 0 amide bonds. The number of nitrogens with two attached hydrogens (primary N) is 1. The highest BCUT2D eigenvalue weighted by Crippen LogP contribution is 2.27. The van der Waals surface area contributed by atoms with Crippen molar-refractivity contribution < 1.29 is 9.90 Å². The van der Waals surface area contributed by atoms with E-state index in [0.29, 0.717) is 6.54 Å². The smallest absolute Gasteiger partial charge is 0.308 e. The van der Waals surface area contributed by atoms with Crippen LogP contribution in [-0.2, 0) is 4.79 Å². The van der Waals surface area contributed by atoms with Gasteiger partial charge in [0.25, 0.3) is 0 Å². The summed E-state index contributed by atoms with van der Waals surface area (Å²) in [6, 6.07) is 0.189. The van der Waals surface area contributed by atoms with Gasteiger partial charge in [-0.1, -0.05) is 0 Å². The lowest BCUT2D eigenvalue weighted by Gasteiger charge is -2.34. The van der Waals surface area contributed by atoms with Crippen LogP contribution in [0.15, 0.2) is 0 Å². The Kier molecular flexibility index (Phi) is 3.49. The molecule has 0 spiro atoms. The number of nitrogens with one attached hydrogen (secondary N) is 1. The fourth-order valence-electron chi connectivity index (χ4n) is 1.43. The molecular formula is C8H16N2O2. The maximum atomic E-state index is 10.6. The fourth-order valence-corrected chi connectivity index (χ4v) is 1.43. The zero-order valence-corrected chi connectivity index (χ0v) is 7.12. The highest BCUT2D eigenvalue weighted by atomic mass is 16.4. The first-order chi connectivity index (χ1) is 5.75. The zero-order chi connectivity index (χ0) is 8.97. The molecule has 12 heavy (non-hydrogen) atoms. The Labute approximate surface area is 72.1 Å². The highest BCUT2D eigenvalue weighted by molar-refractivity contribution is 5.72. The SMILES string of the molecule is NCCCNC1CCC1C(=O)O. The molecule has 1 fully saturated rings. The van der Waals surface area contributed by atoms with Crippen molar-refractivity contribution in [2.75, 3.05) is 13.1 Å². The van der Waals surface area contributed by atoms with E-state index in [1.54, 1.807) is 0 Å². The normalized spacial score (nSPS) is 28.1. The molecule has 0 heterocycles. The van der Waals surface area contributed by atoms with Gasteiger partial charge in [0.15, 0.2) is 0 Å². The van der Waals surface area contributed by atoms with E-state index in [9.17, 15) is 4.79 Å². The summed E-state index contributed by atoms with van der Waals surface area (Å²) in [6.45, 7) is 1.50. The molecule has 4 N–H and O–H groups in total. The standard InChI is InChI=1S/C8H16N2O2/c9-4-1-5-10-7-3-2-6(7)8(11)12/h6-7,10H,1-5,9H2,(H,11,12). The van der Waals surface area contributed by atoms with E-state index in [1.807, 2.05) is 0 Å². The molecule has 1 aliphatic carbocycles. The van der Waals surface area contributed by atoms with E-state index < -0.39 is 5.97 Å². The molecular weight excluding hydrogens is 156 g/mol. The second-order valence-electron chi connectivity index (χ2n) is 3.22. The lowest BCUT2D eigenvalue weighted by atomic mass is 9.79. The molecule has 1 rings (SSSR count). The van der Waals surface area contributed by atoms with Crippen LogP contribution in [0.4, 0.5) is 0 Å². The van der Waals surface area contributed by atoms with Gasteiger partial charge in [0.2, 0.25) is 0 Å². The van der Waals surface area contributed by atoms with Crippen LogP contribution >= 0.6 is 0 Å². The van der Waals surface area contributed by atoms with Crippen molar-refractivity contribution in [2.24, 2.45) is 11.7 Å². The van der Waals surface area contributed by atoms with Crippen LogP contribution in [0.2, 0.25) is 0 Å². The Hall–Kier alpha value is -0.610. The number of carboxylic acid groups (broad SMARTS) is 1. The van der Waals surface area contributed by atoms with Crippen LogP contribution < -0.4 is 11.1 Å². The molecule has 4 nitrogen and oxygen atoms in total. The first-order valence-corrected chi connectivity index (χ1v) is 4.42. The Morgan fingerprint density at radius 1 is 1.58 bits per heavy atom. The molecule has 0 radical (unpaired) electrons. The van der Waals surface area contributed by atoms with Crippen molar-refractivity contribution in [3.05, 3.63) is 0 Å². The van der Waals surface area contributed by atoms with Crippen molar-refractivity contribution in [1.29, 1.82) is 0 Å². The monoisotopic (exact) mass is 172 g/mol. The third-order valence-electron chi connectivity index (χ3n) is 2.38. The first-order valence-electron chi connectivity index (χ1n) is 4.42. The average molecular weight is 172 g/mol. The summed E-state index contributed by atoms with van der Waals surface area (Å²) in [7, 11) is 0. The lowest BCUT2D eigenvalue weighted by Crippen LogP contribution is -2.48. The Bertz CT molecular complexity index is 161. The fraction of sp³-hybridized carbons (Fsp3) is 0.875. The van der Waals surface area contributed by atoms with E-state index in [2.05, 4.69) is 5.32 Å². The van der Waals surface area contributed by atoms with Gasteiger partial charge in [-0.3, -0.25) is 4.79 Å². The zero-order valence-electron chi connectivity index (χ0n) is 7.12. The number of hydrogen-bond donors (Lipinski definition) is 3. The van der Waals surface area contributed by atoms with Crippen molar-refractivity contribution in [3.8, 4) is 0 Å². The largest absolute Gasteiger partial charge is 0.481 e. The molecule has 4 heteroatoms. The van der Waals surface area contributed by atoms with Gasteiger partial charge < -0.3 is 16.2 Å². The van der Waals surface area contributed by atoms with Gasteiger partial charge >= 0.3 is 5.97 Å². The molecule has 2 unspecified atom stereocenters. The Balaban J connectivity index is 2.12. The van der Waals surface area contributed by atoms with Crippen LogP contribution in [0, 0.1) is 5.92 Å². The minimum atomic E-state index is -0.675. The lowest BCUT2D eigenvalue weighted by molar-refractivity contribution is -0.146. The van der Waals surface area contributed by atoms with E-state index in [4.69, 9.17) is 10.8 Å². The molecule has 1 aliphatic rings. The van der Waals surface area contributed by atoms with Gasteiger partial charge in [-0.25, -0.2) is 0 Å². The second kappa shape index (κ2) is 4.42. The van der Waals surface area contributed by atoms with Crippen LogP contribution in [0.25, 0.3) is 0 Å². The second-order valence-corrected chi connectivity index (χ2v) is 3.22. The van der Waals surface area contributed by atoms with Gasteiger partial charge in [-0.15, -0.1) is 0 Å². The van der Waals surface area contributed by atoms with E-state index in [-0.39, 0.29) is 12.0 Å². The van der Waals surface area contributed by atoms with E-state index in [1.165, 1.54) is 0 Å². The molecule has 0 aromatic rings. The summed E-state index contributed by atoms with van der Waals surface area (Å²) in [5, 5.41) is 11.9. The van der Waals surface area contributed by atoms with E-state index in [0.717, 1.165) is 25.8 Å². The minimum absolute atomic E-state index is 0.164. The van der Waals surface area contributed by atoms with Crippen LogP contribution in [-0.4, -0.2) is 30.2 Å². The third kappa shape index (κ3) is 2.19. The van der Waals surface area contributed by atoms with Gasteiger partial charge in [0.05, 0.1) is 5.92 Å². The van der Waals surface area contributed by atoms with Crippen molar-refractivity contribution in [3.63, 3.8) is 0 Å². The van der Waals surface area contributed by atoms with Gasteiger partial charge in [-0.05, 0) is 32.4 Å². The summed E-state index contributed by atoms with van der Waals surface area (Å²) in [5.41, 5.74) is 5.31. The van der Waals surface area contributed by atoms with Crippen molar-refractivity contribution in [1.82, 2.24) is 5.32 Å². The highest BCUT2D eigenvalue weighted by Gasteiger charge is 2.35. The first kappa shape index (κ1) is 9.48. The van der Waals surface area contributed by atoms with Crippen LogP contribution in [0.1, 0.15) is 19.3 Å². The summed E-state index contributed by atoms with van der Waals surface area (Å²) in [5.74, 6) is -0.839. The van der Waals surface area contributed by atoms with Gasteiger partial charge in [-0.2, -0.15) is 0 Å². The molecule has 2 atom stereocenters. The van der Waals surface area contributed by atoms with Crippen LogP contribution in [0.3, 0.4) is 0 Å². The Morgan fingerprint density at radius 3 is 2.75 bits per heavy atom. The van der Waals surface area contributed by atoms with Crippen molar-refractivity contribution in [2.45, 2.75) is 25.3 Å². The predicted molar refractivity (Wildman–Crippen MR) is 45.8 cm³/mol. The van der Waals surface area contributed by atoms with Crippen LogP contribution in [0.5, 0.6) is 0 Å². The summed E-state index contributed by atoms with van der Waals surface area (Å²) < 4.78 is 0. The number of aliphatic carboxylic acids is 1.